The van der Waals surface area contributed by atoms with E-state index in [1.54, 1.807) is 31.2 Å². The lowest BCUT2D eigenvalue weighted by molar-refractivity contribution is -0.115. The molecule has 16 heavy (non-hydrogen) atoms. The molecule has 0 fully saturated rings. The van der Waals surface area contributed by atoms with Gasteiger partial charge in [0.05, 0.1) is 0 Å². The van der Waals surface area contributed by atoms with Gasteiger partial charge >= 0.3 is 0 Å². The van der Waals surface area contributed by atoms with Crippen LogP contribution in [-0.4, -0.2) is 17.0 Å². The maximum absolute atomic E-state index is 11.5. The van der Waals surface area contributed by atoms with Crippen molar-refractivity contribution < 1.29 is 9.59 Å². The molecular formula is C12H14BrNO2. The number of hydrogen-bond acceptors (Lipinski definition) is 2. The van der Waals surface area contributed by atoms with Crippen molar-refractivity contribution >= 4 is 33.3 Å². The molecule has 1 rings (SSSR count). The van der Waals surface area contributed by atoms with Gasteiger partial charge in [-0.2, -0.15) is 0 Å². The number of halogens is 1. The fraction of sp³-hybridized carbons (Fsp3) is 0.333. The first kappa shape index (κ1) is 12.9. The van der Waals surface area contributed by atoms with Crippen LogP contribution in [0.25, 0.3) is 0 Å². The fourth-order valence-corrected chi connectivity index (χ4v) is 1.58. The fourth-order valence-electron chi connectivity index (χ4n) is 1.22. The van der Waals surface area contributed by atoms with Crippen LogP contribution in [-0.2, 0) is 4.79 Å². The van der Waals surface area contributed by atoms with E-state index in [0.717, 1.165) is 5.69 Å². The number of nitrogens with one attached hydrogen (secondary N) is 1. The van der Waals surface area contributed by atoms with Gasteiger partial charge < -0.3 is 5.32 Å². The smallest absolute Gasteiger partial charge is 0.224 e. The van der Waals surface area contributed by atoms with Gasteiger partial charge in [-0.3, -0.25) is 9.59 Å². The van der Waals surface area contributed by atoms with E-state index in [4.69, 9.17) is 0 Å². The minimum atomic E-state index is -0.0282. The quantitative estimate of drug-likeness (QED) is 0.667. The summed E-state index contributed by atoms with van der Waals surface area (Å²) in [4.78, 5) is 22.6. The van der Waals surface area contributed by atoms with Crippen LogP contribution >= 0.6 is 15.9 Å². The largest absolute Gasteiger partial charge is 0.326 e. The van der Waals surface area contributed by atoms with Crippen LogP contribution in [0.4, 0.5) is 5.69 Å². The Morgan fingerprint density at radius 2 is 1.88 bits per heavy atom. The summed E-state index contributed by atoms with van der Waals surface area (Å²) < 4.78 is 0. The van der Waals surface area contributed by atoms with Crippen molar-refractivity contribution in [2.45, 2.75) is 19.8 Å². The second kappa shape index (κ2) is 6.43. The molecule has 0 saturated carbocycles. The SMILES string of the molecule is CCC(=O)Nc1ccc(C(=O)CCBr)cc1. The lowest BCUT2D eigenvalue weighted by Gasteiger charge is -2.04. The van der Waals surface area contributed by atoms with Crippen molar-refractivity contribution in [3.8, 4) is 0 Å². The third-order valence-corrected chi connectivity index (χ3v) is 2.53. The minimum absolute atomic E-state index is 0.0282. The Morgan fingerprint density at radius 1 is 1.25 bits per heavy atom. The Morgan fingerprint density at radius 3 is 2.38 bits per heavy atom. The van der Waals surface area contributed by atoms with E-state index < -0.39 is 0 Å². The summed E-state index contributed by atoms with van der Waals surface area (Å²) in [6.45, 7) is 1.79. The Bertz CT molecular complexity index is 373. The third kappa shape index (κ3) is 3.77. The molecule has 0 aromatic heterocycles. The number of benzene rings is 1. The van der Waals surface area contributed by atoms with Gasteiger partial charge in [-0.25, -0.2) is 0 Å². The van der Waals surface area contributed by atoms with Crippen LogP contribution < -0.4 is 5.32 Å². The molecule has 0 atom stereocenters. The molecule has 86 valence electrons. The molecule has 0 aliphatic carbocycles. The van der Waals surface area contributed by atoms with Gasteiger partial charge in [0, 0.05) is 29.4 Å². The number of rotatable bonds is 5. The normalized spacial score (nSPS) is 9.88. The van der Waals surface area contributed by atoms with Crippen LogP contribution in [0.5, 0.6) is 0 Å². The van der Waals surface area contributed by atoms with Crippen LogP contribution in [0.3, 0.4) is 0 Å². The number of carbonyl (C=O) groups is 2. The van der Waals surface area contributed by atoms with E-state index in [2.05, 4.69) is 21.2 Å². The van der Waals surface area contributed by atoms with Gasteiger partial charge in [-0.05, 0) is 24.3 Å². The summed E-state index contributed by atoms with van der Waals surface area (Å²) in [5.74, 6) is 0.0739. The molecule has 0 bridgehead atoms. The van der Waals surface area contributed by atoms with Crippen molar-refractivity contribution in [2.24, 2.45) is 0 Å². The topological polar surface area (TPSA) is 46.2 Å². The number of Topliss-reactive ketones (excluding diaryl/α,β-unsaturated/α-hetero) is 1. The van der Waals surface area contributed by atoms with Gasteiger partial charge in [0.15, 0.2) is 5.78 Å². The maximum atomic E-state index is 11.5. The average molecular weight is 284 g/mol. The lowest BCUT2D eigenvalue weighted by atomic mass is 10.1. The maximum Gasteiger partial charge on any atom is 0.224 e. The van der Waals surface area contributed by atoms with Crippen LogP contribution in [0, 0.1) is 0 Å². The standard InChI is InChI=1S/C12H14BrNO2/c1-2-12(16)14-10-5-3-9(4-6-10)11(15)7-8-13/h3-6H,2,7-8H2,1H3,(H,14,16). The number of amides is 1. The minimum Gasteiger partial charge on any atom is -0.326 e. The van der Waals surface area contributed by atoms with Gasteiger partial charge in [0.25, 0.3) is 0 Å². The monoisotopic (exact) mass is 283 g/mol. The highest BCUT2D eigenvalue weighted by atomic mass is 79.9. The zero-order valence-electron chi connectivity index (χ0n) is 9.13. The summed E-state index contributed by atoms with van der Waals surface area (Å²) >= 11 is 3.23. The highest BCUT2D eigenvalue weighted by molar-refractivity contribution is 9.09. The first-order chi connectivity index (χ1) is 7.67. The van der Waals surface area contributed by atoms with Crippen molar-refractivity contribution in [2.75, 3.05) is 10.6 Å². The number of hydrogen-bond donors (Lipinski definition) is 1. The van der Waals surface area contributed by atoms with E-state index in [0.29, 0.717) is 23.7 Å². The van der Waals surface area contributed by atoms with Crippen LogP contribution in [0.15, 0.2) is 24.3 Å². The summed E-state index contributed by atoms with van der Waals surface area (Å²) in [6, 6.07) is 6.95. The molecule has 3 nitrogen and oxygen atoms in total. The van der Waals surface area contributed by atoms with Gasteiger partial charge in [-0.1, -0.05) is 22.9 Å². The van der Waals surface area contributed by atoms with E-state index >= 15 is 0 Å². The summed E-state index contributed by atoms with van der Waals surface area (Å²) in [6.07, 6.45) is 0.935. The molecular weight excluding hydrogens is 270 g/mol. The van der Waals surface area contributed by atoms with Crippen molar-refractivity contribution in [1.82, 2.24) is 0 Å². The van der Waals surface area contributed by atoms with E-state index in [-0.39, 0.29) is 11.7 Å². The zero-order valence-corrected chi connectivity index (χ0v) is 10.7. The Kier molecular flexibility index (Phi) is 5.19. The van der Waals surface area contributed by atoms with Crippen LogP contribution in [0.2, 0.25) is 0 Å². The number of alkyl halides is 1. The average Bonchev–Trinajstić information content (AvgIpc) is 2.30. The van der Waals surface area contributed by atoms with Gasteiger partial charge in [-0.15, -0.1) is 0 Å². The van der Waals surface area contributed by atoms with Crippen LogP contribution in [0.1, 0.15) is 30.1 Å². The van der Waals surface area contributed by atoms with Gasteiger partial charge in [0.1, 0.15) is 0 Å². The molecule has 0 aliphatic heterocycles. The second-order valence-electron chi connectivity index (χ2n) is 3.34. The highest BCUT2D eigenvalue weighted by Gasteiger charge is 2.05. The highest BCUT2D eigenvalue weighted by Crippen LogP contribution is 2.11. The number of carbonyl (C=O) groups excluding carboxylic acids is 2. The number of ketones is 1. The molecule has 0 unspecified atom stereocenters. The zero-order chi connectivity index (χ0) is 12.0. The molecule has 0 spiro atoms. The Labute approximate surface area is 103 Å². The lowest BCUT2D eigenvalue weighted by Crippen LogP contribution is -2.09. The molecule has 0 saturated heterocycles. The molecule has 1 amide bonds. The van der Waals surface area contributed by atoms with E-state index in [9.17, 15) is 9.59 Å². The Balaban J connectivity index is 2.67. The summed E-state index contributed by atoms with van der Waals surface area (Å²) in [7, 11) is 0. The second-order valence-corrected chi connectivity index (χ2v) is 4.13. The number of anilines is 1. The predicted octanol–water partition coefficient (Wildman–Crippen LogP) is 3.00. The van der Waals surface area contributed by atoms with E-state index in [1.807, 2.05) is 0 Å². The summed E-state index contributed by atoms with van der Waals surface area (Å²) in [5, 5.41) is 3.40. The van der Waals surface area contributed by atoms with E-state index in [1.165, 1.54) is 0 Å². The molecule has 0 radical (unpaired) electrons. The molecule has 0 aliphatic rings. The molecule has 0 heterocycles. The van der Waals surface area contributed by atoms with Crippen molar-refractivity contribution in [3.63, 3.8) is 0 Å². The summed E-state index contributed by atoms with van der Waals surface area (Å²) in [5.41, 5.74) is 1.40. The van der Waals surface area contributed by atoms with Crippen molar-refractivity contribution in [3.05, 3.63) is 29.8 Å². The molecule has 1 aromatic rings. The third-order valence-electron chi connectivity index (χ3n) is 2.13. The predicted molar refractivity (Wildman–Crippen MR) is 68.1 cm³/mol. The molecule has 1 aromatic carbocycles. The van der Waals surface area contributed by atoms with Crippen molar-refractivity contribution in [1.29, 1.82) is 0 Å². The molecule has 1 N–H and O–H groups in total. The first-order valence-corrected chi connectivity index (χ1v) is 6.28. The Hall–Kier alpha value is -1.16. The first-order valence-electron chi connectivity index (χ1n) is 5.16. The van der Waals surface area contributed by atoms with Gasteiger partial charge in [0.2, 0.25) is 5.91 Å². The molecule has 4 heteroatoms.